The van der Waals surface area contributed by atoms with Crippen LogP contribution in [0.4, 0.5) is 0 Å². The van der Waals surface area contributed by atoms with Crippen LogP contribution in [0.1, 0.15) is 44.9 Å². The Labute approximate surface area is 82.0 Å². The summed E-state index contributed by atoms with van der Waals surface area (Å²) >= 11 is 0. The summed E-state index contributed by atoms with van der Waals surface area (Å²) in [6, 6.07) is 0. The zero-order valence-corrected chi connectivity index (χ0v) is 8.41. The van der Waals surface area contributed by atoms with Crippen molar-refractivity contribution < 1.29 is 0 Å². The molecule has 1 aliphatic carbocycles. The molecule has 0 amide bonds. The minimum absolute atomic E-state index is 1.11. The van der Waals surface area contributed by atoms with Crippen molar-refractivity contribution in [1.29, 1.82) is 0 Å². The van der Waals surface area contributed by atoms with Crippen LogP contribution in [0.15, 0.2) is 36.5 Å². The van der Waals surface area contributed by atoms with Gasteiger partial charge in [-0.2, -0.15) is 0 Å². The third kappa shape index (κ3) is 6.39. The van der Waals surface area contributed by atoms with Crippen molar-refractivity contribution in [1.82, 2.24) is 0 Å². The van der Waals surface area contributed by atoms with Crippen LogP contribution in [-0.2, 0) is 0 Å². The van der Waals surface area contributed by atoms with Gasteiger partial charge in [0.2, 0.25) is 0 Å². The molecule has 0 nitrogen and oxygen atoms in total. The Bertz CT molecular complexity index is 184. The van der Waals surface area contributed by atoms with Crippen LogP contribution < -0.4 is 0 Å². The van der Waals surface area contributed by atoms with E-state index in [4.69, 9.17) is 0 Å². The van der Waals surface area contributed by atoms with Gasteiger partial charge >= 0.3 is 0 Å². The van der Waals surface area contributed by atoms with E-state index in [1.807, 2.05) is 0 Å². The summed E-state index contributed by atoms with van der Waals surface area (Å²) in [7, 11) is 0. The smallest absolute Gasteiger partial charge is 0.0169 e. The molecule has 0 bridgehead atoms. The molecule has 0 aliphatic heterocycles. The fraction of sp³-hybridized carbons (Fsp3) is 0.538. The van der Waals surface area contributed by atoms with E-state index in [0.29, 0.717) is 0 Å². The minimum atomic E-state index is 1.11. The van der Waals surface area contributed by atoms with Gasteiger partial charge < -0.3 is 0 Å². The molecule has 0 saturated carbocycles. The molecule has 0 saturated heterocycles. The van der Waals surface area contributed by atoms with Crippen molar-refractivity contribution in [2.75, 3.05) is 0 Å². The van der Waals surface area contributed by atoms with Crippen molar-refractivity contribution in [2.24, 2.45) is 0 Å². The molecular formula is C13H20. The number of allylic oxidation sites excluding steroid dienone is 6. The van der Waals surface area contributed by atoms with E-state index in [2.05, 4.69) is 36.5 Å². The highest BCUT2D eigenvalue weighted by molar-refractivity contribution is 4.94. The summed E-state index contributed by atoms with van der Waals surface area (Å²) in [5.74, 6) is 0. The molecule has 0 atom stereocenters. The fourth-order valence-electron chi connectivity index (χ4n) is 1.46. The molecule has 0 aromatic carbocycles. The summed E-state index contributed by atoms with van der Waals surface area (Å²) in [5.41, 5.74) is 0. The molecule has 0 radical (unpaired) electrons. The quantitative estimate of drug-likeness (QED) is 0.480. The summed E-state index contributed by atoms with van der Waals surface area (Å²) in [6.45, 7) is 0. The average Bonchev–Trinajstić information content (AvgIpc) is 2.18. The first-order valence-electron chi connectivity index (χ1n) is 5.45. The highest BCUT2D eigenvalue weighted by Crippen LogP contribution is 2.04. The Morgan fingerprint density at radius 2 is 0.923 bits per heavy atom. The third-order valence-corrected chi connectivity index (χ3v) is 2.26. The lowest BCUT2D eigenvalue weighted by Crippen LogP contribution is -1.72. The molecule has 1 rings (SSSR count). The Morgan fingerprint density at radius 3 is 1.62 bits per heavy atom. The Hall–Kier alpha value is -0.780. The van der Waals surface area contributed by atoms with E-state index >= 15 is 0 Å². The Morgan fingerprint density at radius 1 is 0.462 bits per heavy atom. The Kier molecular flexibility index (Phi) is 6.22. The van der Waals surface area contributed by atoms with Gasteiger partial charge in [0.05, 0.1) is 0 Å². The first kappa shape index (κ1) is 10.3. The highest BCUT2D eigenvalue weighted by Gasteiger charge is 1.84. The van der Waals surface area contributed by atoms with Gasteiger partial charge in [-0.05, 0) is 44.9 Å². The molecule has 1 aliphatic rings. The van der Waals surface area contributed by atoms with Crippen molar-refractivity contribution in [3.05, 3.63) is 36.5 Å². The van der Waals surface area contributed by atoms with Gasteiger partial charge in [-0.25, -0.2) is 0 Å². The summed E-state index contributed by atoms with van der Waals surface area (Å²) in [4.78, 5) is 0. The monoisotopic (exact) mass is 176 g/mol. The van der Waals surface area contributed by atoms with Crippen LogP contribution >= 0.6 is 0 Å². The van der Waals surface area contributed by atoms with Crippen LogP contribution in [-0.4, -0.2) is 0 Å². The summed E-state index contributed by atoms with van der Waals surface area (Å²) < 4.78 is 0. The minimum Gasteiger partial charge on any atom is -0.0885 e. The van der Waals surface area contributed by atoms with Gasteiger partial charge in [0.15, 0.2) is 0 Å². The van der Waals surface area contributed by atoms with Crippen LogP contribution in [0.3, 0.4) is 0 Å². The molecule has 0 fully saturated rings. The van der Waals surface area contributed by atoms with Gasteiger partial charge in [0.1, 0.15) is 0 Å². The maximum Gasteiger partial charge on any atom is -0.0169 e. The van der Waals surface area contributed by atoms with Crippen molar-refractivity contribution >= 4 is 0 Å². The largest absolute Gasteiger partial charge is 0.0885 e. The van der Waals surface area contributed by atoms with E-state index in [9.17, 15) is 0 Å². The molecule has 0 heteroatoms. The maximum absolute atomic E-state index is 2.33. The second kappa shape index (κ2) is 7.85. The lowest BCUT2D eigenvalue weighted by molar-refractivity contribution is 0.759. The SMILES string of the molecule is C1=C\CC/C=C\CCCC/C=C\C/1. The van der Waals surface area contributed by atoms with Crippen molar-refractivity contribution in [3.63, 3.8) is 0 Å². The lowest BCUT2D eigenvalue weighted by atomic mass is 10.1. The maximum atomic E-state index is 2.33. The molecule has 0 unspecified atom stereocenters. The number of rotatable bonds is 0. The van der Waals surface area contributed by atoms with Crippen molar-refractivity contribution in [3.8, 4) is 0 Å². The number of hydrogen-bond acceptors (Lipinski definition) is 0. The normalized spacial score (nSPS) is 27.7. The highest BCUT2D eigenvalue weighted by atomic mass is 13.9. The Balaban J connectivity index is 2.28. The van der Waals surface area contributed by atoms with Gasteiger partial charge in [-0.15, -0.1) is 0 Å². The van der Waals surface area contributed by atoms with Crippen LogP contribution in [0.2, 0.25) is 0 Å². The molecule has 0 N–H and O–H groups in total. The van der Waals surface area contributed by atoms with Gasteiger partial charge in [0, 0.05) is 0 Å². The molecular weight excluding hydrogens is 156 g/mol. The molecule has 0 spiro atoms. The molecule has 0 aromatic rings. The number of hydrogen-bond donors (Lipinski definition) is 0. The molecule has 0 heterocycles. The second-order valence-corrected chi connectivity index (χ2v) is 3.51. The van der Waals surface area contributed by atoms with E-state index in [0.717, 1.165) is 6.42 Å². The van der Waals surface area contributed by atoms with Gasteiger partial charge in [-0.1, -0.05) is 36.5 Å². The fourth-order valence-corrected chi connectivity index (χ4v) is 1.46. The topological polar surface area (TPSA) is 0 Å². The third-order valence-electron chi connectivity index (χ3n) is 2.26. The van der Waals surface area contributed by atoms with Crippen LogP contribution in [0, 0.1) is 0 Å². The second-order valence-electron chi connectivity index (χ2n) is 3.51. The predicted molar refractivity (Wildman–Crippen MR) is 59.7 cm³/mol. The van der Waals surface area contributed by atoms with Crippen LogP contribution in [0.25, 0.3) is 0 Å². The molecule has 0 aromatic heterocycles. The zero-order valence-electron chi connectivity index (χ0n) is 8.41. The van der Waals surface area contributed by atoms with E-state index in [-0.39, 0.29) is 0 Å². The average molecular weight is 176 g/mol. The van der Waals surface area contributed by atoms with E-state index in [1.165, 1.54) is 38.5 Å². The first-order chi connectivity index (χ1) is 6.50. The first-order valence-corrected chi connectivity index (χ1v) is 5.45. The molecule has 72 valence electrons. The van der Waals surface area contributed by atoms with E-state index in [1.54, 1.807) is 0 Å². The van der Waals surface area contributed by atoms with Crippen molar-refractivity contribution in [2.45, 2.75) is 44.9 Å². The van der Waals surface area contributed by atoms with Gasteiger partial charge in [-0.3, -0.25) is 0 Å². The predicted octanol–water partition coefficient (Wildman–Crippen LogP) is 4.40. The summed E-state index contributed by atoms with van der Waals surface area (Å²) in [5, 5.41) is 0. The standard InChI is InChI=1S/C13H20/c1-2-4-6-8-10-12-13-11-9-7-5-3-1/h1-2,5,7-8,10H,3-4,6,9,11-13H2/b2-1-,7-5-,10-8-. The van der Waals surface area contributed by atoms with Gasteiger partial charge in [0.25, 0.3) is 0 Å². The molecule has 13 heavy (non-hydrogen) atoms. The summed E-state index contributed by atoms with van der Waals surface area (Å²) in [6.07, 6.45) is 22.5. The van der Waals surface area contributed by atoms with E-state index < -0.39 is 0 Å². The lowest BCUT2D eigenvalue weighted by Gasteiger charge is -1.92. The van der Waals surface area contributed by atoms with Crippen LogP contribution in [0.5, 0.6) is 0 Å². The zero-order chi connectivity index (χ0) is 9.19.